The molecular weight excluding hydrogens is 436 g/mol. The topological polar surface area (TPSA) is 91.8 Å². The number of halogens is 1. The highest BCUT2D eigenvalue weighted by molar-refractivity contribution is 6.31. The minimum atomic E-state index is -0.111. The van der Waals surface area contributed by atoms with Crippen molar-refractivity contribution in [2.24, 2.45) is 0 Å². The first-order valence-corrected chi connectivity index (χ1v) is 11.8. The Bertz CT molecular complexity index is 1190. The lowest BCUT2D eigenvalue weighted by Crippen LogP contribution is -2.28. The van der Waals surface area contributed by atoms with Gasteiger partial charge in [0, 0.05) is 34.6 Å². The van der Waals surface area contributed by atoms with E-state index in [0.29, 0.717) is 22.7 Å². The number of rotatable bonds is 6. The van der Waals surface area contributed by atoms with E-state index in [4.69, 9.17) is 16.6 Å². The lowest BCUT2D eigenvalue weighted by Gasteiger charge is -2.14. The van der Waals surface area contributed by atoms with E-state index < -0.39 is 0 Å². The number of anilines is 3. The number of hydrogen-bond donors (Lipinski definition) is 3. The van der Waals surface area contributed by atoms with Crippen molar-refractivity contribution in [3.63, 3.8) is 0 Å². The van der Waals surface area contributed by atoms with Crippen LogP contribution in [0.5, 0.6) is 0 Å². The van der Waals surface area contributed by atoms with E-state index in [1.807, 2.05) is 19.2 Å². The molecule has 1 fully saturated rings. The number of fused-ring (bicyclic) bond motifs is 3. The summed E-state index contributed by atoms with van der Waals surface area (Å²) < 4.78 is 0. The van der Waals surface area contributed by atoms with Crippen molar-refractivity contribution < 1.29 is 4.79 Å². The second-order valence-corrected chi connectivity index (χ2v) is 9.21. The lowest BCUT2D eigenvalue weighted by molar-refractivity contribution is -0.115. The van der Waals surface area contributed by atoms with Crippen LogP contribution in [-0.2, 0) is 17.6 Å². The zero-order valence-electron chi connectivity index (χ0n) is 18.6. The average molecular weight is 463 g/mol. The number of amides is 1. The summed E-state index contributed by atoms with van der Waals surface area (Å²) in [5, 5.41) is 10.5. The predicted molar refractivity (Wildman–Crippen MR) is 131 cm³/mol. The molecule has 1 saturated carbocycles. The predicted octanol–water partition coefficient (Wildman–Crippen LogP) is 4.81. The van der Waals surface area contributed by atoms with Gasteiger partial charge < -0.3 is 16.0 Å². The third kappa shape index (κ3) is 4.99. The van der Waals surface area contributed by atoms with Crippen LogP contribution in [-0.4, -0.2) is 33.4 Å². The molecule has 0 spiro atoms. The molecule has 5 rings (SSSR count). The summed E-state index contributed by atoms with van der Waals surface area (Å²) in [6.45, 7) is 2.91. The first-order valence-electron chi connectivity index (χ1n) is 11.5. The number of aromatic nitrogens is 3. The number of aryl methyl sites for hydroxylation is 1. The number of benzene rings is 1. The van der Waals surface area contributed by atoms with Crippen molar-refractivity contribution >= 4 is 34.8 Å². The molecule has 7 nitrogen and oxygen atoms in total. The van der Waals surface area contributed by atoms with E-state index in [-0.39, 0.29) is 12.3 Å². The summed E-state index contributed by atoms with van der Waals surface area (Å²) >= 11 is 6.14. The van der Waals surface area contributed by atoms with Gasteiger partial charge in [-0.2, -0.15) is 0 Å². The van der Waals surface area contributed by atoms with E-state index in [2.05, 4.69) is 32.0 Å². The van der Waals surface area contributed by atoms with Crippen LogP contribution in [0.15, 0.2) is 36.7 Å². The third-order valence-electron chi connectivity index (χ3n) is 6.32. The molecule has 0 saturated heterocycles. The van der Waals surface area contributed by atoms with Gasteiger partial charge in [0.2, 0.25) is 11.9 Å². The molecule has 170 valence electrons. The molecule has 3 heterocycles. The Morgan fingerprint density at radius 2 is 2.00 bits per heavy atom. The highest BCUT2D eigenvalue weighted by atomic mass is 35.5. The summed E-state index contributed by atoms with van der Waals surface area (Å²) in [6.07, 6.45) is 10.0. The van der Waals surface area contributed by atoms with E-state index in [1.165, 1.54) is 25.7 Å². The molecule has 0 atom stereocenters. The van der Waals surface area contributed by atoms with Crippen LogP contribution >= 0.6 is 11.6 Å². The van der Waals surface area contributed by atoms with Gasteiger partial charge in [-0.15, -0.1) is 0 Å². The van der Waals surface area contributed by atoms with Crippen molar-refractivity contribution in [3.8, 4) is 11.3 Å². The Hall–Kier alpha value is -3.03. The minimum Gasteiger partial charge on any atom is -0.325 e. The van der Waals surface area contributed by atoms with Crippen molar-refractivity contribution in [3.05, 3.63) is 58.5 Å². The highest BCUT2D eigenvalue weighted by Gasteiger charge is 2.21. The smallest absolute Gasteiger partial charge is 0.228 e. The van der Waals surface area contributed by atoms with E-state index in [0.717, 1.165) is 46.7 Å². The zero-order chi connectivity index (χ0) is 22.8. The van der Waals surface area contributed by atoms with Crippen molar-refractivity contribution in [2.75, 3.05) is 17.2 Å². The highest BCUT2D eigenvalue weighted by Crippen LogP contribution is 2.35. The largest absolute Gasteiger partial charge is 0.325 e. The standard InChI is InChI=1S/C25H27ClN6O/c1-15-21(10-16(13-28-15)8-9-27-19-4-2-3-5-19)31-25-29-14-17-11-23(33)30-22-12-18(26)6-7-20(22)24(17)32-25/h6-7,10,12-14,19,27H,2-5,8-9,11H2,1H3,(H,30,33)(H,29,31,32). The molecule has 2 aromatic heterocycles. The molecule has 3 aromatic rings. The maximum atomic E-state index is 12.3. The first-order chi connectivity index (χ1) is 16.0. The average Bonchev–Trinajstić information content (AvgIpc) is 3.26. The first kappa shape index (κ1) is 21.8. The third-order valence-corrected chi connectivity index (χ3v) is 6.55. The van der Waals surface area contributed by atoms with Gasteiger partial charge in [0.15, 0.2) is 0 Å². The van der Waals surface area contributed by atoms with Crippen LogP contribution in [0.2, 0.25) is 5.02 Å². The minimum absolute atomic E-state index is 0.111. The molecule has 0 unspecified atom stereocenters. The fraction of sp³-hybridized carbons (Fsp3) is 0.360. The molecule has 1 aromatic carbocycles. The van der Waals surface area contributed by atoms with Crippen molar-refractivity contribution in [1.29, 1.82) is 0 Å². The van der Waals surface area contributed by atoms with Crippen molar-refractivity contribution in [2.45, 2.75) is 51.5 Å². The summed E-state index contributed by atoms with van der Waals surface area (Å²) in [6, 6.07) is 8.20. The second kappa shape index (κ2) is 9.45. The van der Waals surface area contributed by atoms with Gasteiger partial charge in [-0.1, -0.05) is 24.4 Å². The second-order valence-electron chi connectivity index (χ2n) is 8.77. The van der Waals surface area contributed by atoms with Crippen LogP contribution in [0, 0.1) is 6.92 Å². The van der Waals surface area contributed by atoms with Crippen molar-refractivity contribution in [1.82, 2.24) is 20.3 Å². The number of hydrogen-bond acceptors (Lipinski definition) is 6. The fourth-order valence-electron chi connectivity index (χ4n) is 4.53. The van der Waals surface area contributed by atoms with Crippen LogP contribution in [0.4, 0.5) is 17.3 Å². The number of carbonyl (C=O) groups is 1. The van der Waals surface area contributed by atoms with E-state index >= 15 is 0 Å². The summed E-state index contributed by atoms with van der Waals surface area (Å²) in [5.41, 5.74) is 5.91. The summed E-state index contributed by atoms with van der Waals surface area (Å²) in [4.78, 5) is 26.1. The SMILES string of the molecule is Cc1ncc(CCNC2CCCC2)cc1Nc1ncc2c(n1)-c1ccc(Cl)cc1NC(=O)C2. The Labute approximate surface area is 198 Å². The van der Waals surface area contributed by atoms with E-state index in [1.54, 1.807) is 18.3 Å². The molecule has 33 heavy (non-hydrogen) atoms. The van der Waals surface area contributed by atoms with Gasteiger partial charge in [-0.3, -0.25) is 9.78 Å². The summed E-state index contributed by atoms with van der Waals surface area (Å²) in [5.74, 6) is 0.357. The number of pyridine rings is 1. The number of nitrogens with one attached hydrogen (secondary N) is 3. The summed E-state index contributed by atoms with van der Waals surface area (Å²) in [7, 11) is 0. The molecule has 3 N–H and O–H groups in total. The molecular formula is C25H27ClN6O. The van der Waals surface area contributed by atoms with Crippen LogP contribution in [0.1, 0.15) is 42.5 Å². The van der Waals surface area contributed by atoms with Gasteiger partial charge in [0.25, 0.3) is 0 Å². The van der Waals surface area contributed by atoms with Gasteiger partial charge in [-0.25, -0.2) is 9.97 Å². The fourth-order valence-corrected chi connectivity index (χ4v) is 4.71. The normalized spacial score (nSPS) is 15.5. The quantitative estimate of drug-likeness (QED) is 0.486. The maximum Gasteiger partial charge on any atom is 0.228 e. The maximum absolute atomic E-state index is 12.3. The molecule has 0 radical (unpaired) electrons. The molecule has 1 amide bonds. The lowest BCUT2D eigenvalue weighted by atomic mass is 10.1. The van der Waals surface area contributed by atoms with Gasteiger partial charge in [-0.05, 0) is 62.6 Å². The molecule has 8 heteroatoms. The number of carbonyl (C=O) groups excluding carboxylic acids is 1. The van der Waals surface area contributed by atoms with Crippen LogP contribution < -0.4 is 16.0 Å². The molecule has 0 bridgehead atoms. The monoisotopic (exact) mass is 462 g/mol. The molecule has 2 aliphatic rings. The van der Waals surface area contributed by atoms with Crippen LogP contribution in [0.3, 0.4) is 0 Å². The Balaban J connectivity index is 1.37. The van der Waals surface area contributed by atoms with Gasteiger partial charge in [0.05, 0.1) is 29.2 Å². The van der Waals surface area contributed by atoms with Gasteiger partial charge in [0.1, 0.15) is 0 Å². The number of nitrogens with zero attached hydrogens (tertiary/aromatic N) is 3. The zero-order valence-corrected chi connectivity index (χ0v) is 19.4. The Morgan fingerprint density at radius 1 is 1.15 bits per heavy atom. The Kier molecular flexibility index (Phi) is 6.24. The van der Waals surface area contributed by atoms with Gasteiger partial charge >= 0.3 is 0 Å². The van der Waals surface area contributed by atoms with E-state index in [9.17, 15) is 4.79 Å². The molecule has 1 aliphatic carbocycles. The molecule has 1 aliphatic heterocycles. The Morgan fingerprint density at radius 3 is 2.85 bits per heavy atom. The van der Waals surface area contributed by atoms with Crippen LogP contribution in [0.25, 0.3) is 11.3 Å².